The van der Waals surface area contributed by atoms with Gasteiger partial charge in [0.2, 0.25) is 0 Å². The van der Waals surface area contributed by atoms with Crippen LogP contribution < -0.4 is 15.5 Å². The molecular formula is C24H21FN4O5S. The zero-order valence-corrected chi connectivity index (χ0v) is 19.3. The lowest BCUT2D eigenvalue weighted by Gasteiger charge is -2.25. The van der Waals surface area contributed by atoms with E-state index in [0.717, 1.165) is 18.2 Å². The quantitative estimate of drug-likeness (QED) is 0.434. The summed E-state index contributed by atoms with van der Waals surface area (Å²) in [6.07, 6.45) is 0.259. The Morgan fingerprint density at radius 1 is 0.971 bits per heavy atom. The number of imide groups is 1. The fraction of sp³-hybridized carbons (Fsp3) is 0.125. The fourth-order valence-corrected chi connectivity index (χ4v) is 4.81. The summed E-state index contributed by atoms with van der Waals surface area (Å²) in [5.74, 6) is -2.17. The van der Waals surface area contributed by atoms with Crippen molar-refractivity contribution in [1.29, 1.82) is 0 Å². The zero-order valence-electron chi connectivity index (χ0n) is 18.5. The van der Waals surface area contributed by atoms with Crippen LogP contribution in [0.15, 0.2) is 83.8 Å². The SMILES string of the molecule is CCC1(c2ccccc2)NC(=O)N(NC(=O)c2ccc(S(=O)(=O)Nc3ccccc3F)cc2)C1=O. The van der Waals surface area contributed by atoms with Crippen molar-refractivity contribution in [2.45, 2.75) is 23.8 Å². The predicted octanol–water partition coefficient (Wildman–Crippen LogP) is 3.13. The molecule has 3 aromatic rings. The van der Waals surface area contributed by atoms with E-state index in [9.17, 15) is 27.2 Å². The summed E-state index contributed by atoms with van der Waals surface area (Å²) in [7, 11) is -4.12. The monoisotopic (exact) mass is 496 g/mol. The molecule has 1 atom stereocenters. The summed E-state index contributed by atoms with van der Waals surface area (Å²) >= 11 is 0. The number of benzene rings is 3. The number of halogens is 1. The maximum absolute atomic E-state index is 13.8. The molecule has 1 unspecified atom stereocenters. The van der Waals surface area contributed by atoms with Gasteiger partial charge in [0.05, 0.1) is 10.6 Å². The normalized spacial score (nSPS) is 17.7. The van der Waals surface area contributed by atoms with E-state index >= 15 is 0 Å². The first kappa shape index (κ1) is 23.9. The molecule has 3 N–H and O–H groups in total. The first-order chi connectivity index (χ1) is 16.7. The number of amides is 4. The van der Waals surface area contributed by atoms with Crippen LogP contribution in [0, 0.1) is 5.82 Å². The number of rotatable bonds is 7. The smallest absolute Gasteiger partial charge is 0.318 e. The largest absolute Gasteiger partial charge is 0.344 e. The Labute approximate surface area is 201 Å². The number of carbonyl (C=O) groups excluding carboxylic acids is 3. The van der Waals surface area contributed by atoms with Gasteiger partial charge in [0.1, 0.15) is 11.4 Å². The van der Waals surface area contributed by atoms with E-state index in [1.807, 2.05) is 0 Å². The molecule has 1 aliphatic heterocycles. The maximum Gasteiger partial charge on any atom is 0.344 e. The van der Waals surface area contributed by atoms with Gasteiger partial charge in [0, 0.05) is 5.56 Å². The average Bonchev–Trinajstić information content (AvgIpc) is 3.11. The number of urea groups is 1. The number of hydrazine groups is 1. The number of anilines is 1. The highest BCUT2D eigenvalue weighted by Crippen LogP contribution is 2.31. The molecular weight excluding hydrogens is 475 g/mol. The van der Waals surface area contributed by atoms with Gasteiger partial charge >= 0.3 is 6.03 Å². The van der Waals surface area contributed by atoms with Crippen molar-refractivity contribution in [2.75, 3.05) is 4.72 Å². The number of carbonyl (C=O) groups is 3. The van der Waals surface area contributed by atoms with Crippen LogP contribution in [0.2, 0.25) is 0 Å². The molecule has 0 radical (unpaired) electrons. The minimum absolute atomic E-state index is 0.00384. The van der Waals surface area contributed by atoms with Gasteiger partial charge in [-0.25, -0.2) is 17.6 Å². The summed E-state index contributed by atoms with van der Waals surface area (Å²) in [6, 6.07) is 17.9. The second-order valence-corrected chi connectivity index (χ2v) is 9.43. The molecule has 35 heavy (non-hydrogen) atoms. The number of hydrogen-bond acceptors (Lipinski definition) is 5. The van der Waals surface area contributed by atoms with E-state index in [1.165, 1.54) is 30.3 Å². The third-order valence-corrected chi connectivity index (χ3v) is 7.03. The molecule has 4 amide bonds. The predicted molar refractivity (Wildman–Crippen MR) is 125 cm³/mol. The molecule has 1 saturated heterocycles. The number of sulfonamides is 1. The van der Waals surface area contributed by atoms with Crippen molar-refractivity contribution in [3.63, 3.8) is 0 Å². The summed E-state index contributed by atoms with van der Waals surface area (Å²) in [5, 5.41) is 3.27. The lowest BCUT2D eigenvalue weighted by molar-refractivity contribution is -0.133. The summed E-state index contributed by atoms with van der Waals surface area (Å²) in [5.41, 5.74) is 1.32. The summed E-state index contributed by atoms with van der Waals surface area (Å²) in [4.78, 5) is 38.2. The second-order valence-electron chi connectivity index (χ2n) is 7.75. The van der Waals surface area contributed by atoms with Crippen molar-refractivity contribution >= 4 is 33.6 Å². The van der Waals surface area contributed by atoms with Crippen molar-refractivity contribution in [3.8, 4) is 0 Å². The number of nitrogens with zero attached hydrogens (tertiary/aromatic N) is 1. The van der Waals surface area contributed by atoms with Gasteiger partial charge in [-0.2, -0.15) is 5.01 Å². The van der Waals surface area contributed by atoms with Gasteiger partial charge in [-0.05, 0) is 48.4 Å². The van der Waals surface area contributed by atoms with Gasteiger partial charge in [-0.15, -0.1) is 0 Å². The standard InChI is InChI=1S/C24H21FN4O5S/c1-2-24(17-8-4-3-5-9-17)22(31)29(23(32)26-24)27-21(30)16-12-14-18(15-13-16)35(33,34)28-20-11-7-6-10-19(20)25/h3-15,28H,2H2,1H3,(H,26,32)(H,27,30). The minimum atomic E-state index is -4.12. The molecule has 0 aromatic heterocycles. The Balaban J connectivity index is 1.50. The number of para-hydroxylation sites is 1. The second kappa shape index (κ2) is 9.18. The zero-order chi connectivity index (χ0) is 25.2. The van der Waals surface area contributed by atoms with Crippen LogP contribution in [0.3, 0.4) is 0 Å². The van der Waals surface area contributed by atoms with Crippen LogP contribution in [-0.4, -0.2) is 31.3 Å². The lowest BCUT2D eigenvalue weighted by atomic mass is 9.87. The topological polar surface area (TPSA) is 125 Å². The highest BCUT2D eigenvalue weighted by Gasteiger charge is 2.52. The molecule has 0 spiro atoms. The van der Waals surface area contributed by atoms with E-state index in [1.54, 1.807) is 37.3 Å². The molecule has 3 aromatic carbocycles. The molecule has 180 valence electrons. The average molecular weight is 497 g/mol. The Kier molecular flexibility index (Phi) is 6.27. The molecule has 1 fully saturated rings. The molecule has 4 rings (SSSR count). The minimum Gasteiger partial charge on any atom is -0.318 e. The van der Waals surface area contributed by atoms with Crippen molar-refractivity contribution in [3.05, 3.63) is 95.8 Å². The van der Waals surface area contributed by atoms with E-state index in [2.05, 4.69) is 15.5 Å². The van der Waals surface area contributed by atoms with Gasteiger partial charge in [-0.3, -0.25) is 19.7 Å². The van der Waals surface area contributed by atoms with E-state index in [4.69, 9.17) is 0 Å². The van der Waals surface area contributed by atoms with Crippen LogP contribution in [-0.2, 0) is 20.4 Å². The highest BCUT2D eigenvalue weighted by molar-refractivity contribution is 7.92. The number of hydrogen-bond donors (Lipinski definition) is 3. The molecule has 0 saturated carbocycles. The molecule has 0 aliphatic carbocycles. The molecule has 1 aliphatic rings. The van der Waals surface area contributed by atoms with Crippen molar-refractivity contribution in [1.82, 2.24) is 15.8 Å². The van der Waals surface area contributed by atoms with E-state index in [0.29, 0.717) is 10.6 Å². The Hall–Kier alpha value is -4.25. The maximum atomic E-state index is 13.8. The number of nitrogens with one attached hydrogen (secondary N) is 3. The van der Waals surface area contributed by atoms with E-state index < -0.39 is 39.2 Å². The van der Waals surface area contributed by atoms with Crippen LogP contribution in [0.5, 0.6) is 0 Å². The lowest BCUT2D eigenvalue weighted by Crippen LogP contribution is -2.48. The molecule has 11 heteroatoms. The van der Waals surface area contributed by atoms with E-state index in [-0.39, 0.29) is 22.6 Å². The van der Waals surface area contributed by atoms with Crippen LogP contribution in [0.1, 0.15) is 29.3 Å². The fourth-order valence-electron chi connectivity index (χ4n) is 3.74. The summed E-state index contributed by atoms with van der Waals surface area (Å²) < 4.78 is 41.1. The van der Waals surface area contributed by atoms with Crippen molar-refractivity contribution in [2.24, 2.45) is 0 Å². The molecule has 0 bridgehead atoms. The first-order valence-electron chi connectivity index (χ1n) is 10.6. The van der Waals surface area contributed by atoms with Crippen LogP contribution >= 0.6 is 0 Å². The third kappa shape index (κ3) is 4.45. The summed E-state index contributed by atoms with van der Waals surface area (Å²) in [6.45, 7) is 1.74. The van der Waals surface area contributed by atoms with Crippen LogP contribution in [0.4, 0.5) is 14.9 Å². The Bertz CT molecular complexity index is 1400. The van der Waals surface area contributed by atoms with Gasteiger partial charge in [-0.1, -0.05) is 49.4 Å². The molecule has 1 heterocycles. The Morgan fingerprint density at radius 2 is 1.60 bits per heavy atom. The van der Waals surface area contributed by atoms with Crippen LogP contribution in [0.25, 0.3) is 0 Å². The first-order valence-corrected chi connectivity index (χ1v) is 12.1. The van der Waals surface area contributed by atoms with Crippen molar-refractivity contribution < 1.29 is 27.2 Å². The van der Waals surface area contributed by atoms with Gasteiger partial charge in [0.15, 0.2) is 0 Å². The molecule has 9 nitrogen and oxygen atoms in total. The highest BCUT2D eigenvalue weighted by atomic mass is 32.2. The Morgan fingerprint density at radius 3 is 2.23 bits per heavy atom. The third-order valence-electron chi connectivity index (χ3n) is 5.65. The van der Waals surface area contributed by atoms with Gasteiger partial charge in [0.25, 0.3) is 21.8 Å². The van der Waals surface area contributed by atoms with Gasteiger partial charge < -0.3 is 5.32 Å².